The van der Waals surface area contributed by atoms with Crippen molar-refractivity contribution in [1.82, 2.24) is 9.97 Å². The summed E-state index contributed by atoms with van der Waals surface area (Å²) in [7, 11) is 0. The summed E-state index contributed by atoms with van der Waals surface area (Å²) in [5.74, 6) is 0. The predicted molar refractivity (Wildman–Crippen MR) is 108 cm³/mol. The second kappa shape index (κ2) is 7.02. The van der Waals surface area contributed by atoms with E-state index in [1.807, 2.05) is 48.7 Å². The number of benzene rings is 2. The third kappa shape index (κ3) is 3.19. The Labute approximate surface area is 156 Å². The smallest absolute Gasteiger partial charge is 0.154 e. The van der Waals surface area contributed by atoms with Crippen LogP contribution < -0.4 is 11.1 Å². The second-order valence-corrected chi connectivity index (χ2v) is 6.36. The molecule has 4 rings (SSSR count). The van der Waals surface area contributed by atoms with E-state index in [0.29, 0.717) is 17.4 Å². The van der Waals surface area contributed by atoms with Gasteiger partial charge < -0.3 is 11.1 Å². The molecule has 0 aliphatic rings. The summed E-state index contributed by atoms with van der Waals surface area (Å²) in [5, 5.41) is 4.70. The van der Waals surface area contributed by atoms with Crippen LogP contribution in [0.5, 0.6) is 0 Å². The lowest BCUT2D eigenvalue weighted by atomic mass is 10.0. The first-order chi connectivity index (χ1) is 12.7. The lowest BCUT2D eigenvalue weighted by Gasteiger charge is -2.14. The monoisotopic (exact) mass is 360 g/mol. The molecule has 0 saturated carbocycles. The average molecular weight is 361 g/mol. The SMILES string of the molecule is Nc1c(Cl)nc2ccccc2c1NCc1cccc(-c2cccnc2)c1. The maximum absolute atomic E-state index is 6.20. The molecule has 2 aromatic heterocycles. The van der Waals surface area contributed by atoms with Crippen molar-refractivity contribution in [3.63, 3.8) is 0 Å². The van der Waals surface area contributed by atoms with Crippen LogP contribution in [0.2, 0.25) is 5.15 Å². The summed E-state index contributed by atoms with van der Waals surface area (Å²) in [6.07, 6.45) is 3.64. The number of nitrogens with zero attached hydrogens (tertiary/aromatic N) is 2. The van der Waals surface area contributed by atoms with Gasteiger partial charge in [-0.1, -0.05) is 54.1 Å². The topological polar surface area (TPSA) is 63.8 Å². The molecule has 0 unspecified atom stereocenters. The largest absolute Gasteiger partial charge is 0.395 e. The number of rotatable bonds is 4. The highest BCUT2D eigenvalue weighted by molar-refractivity contribution is 6.33. The van der Waals surface area contributed by atoms with Crippen molar-refractivity contribution in [1.29, 1.82) is 0 Å². The van der Waals surface area contributed by atoms with E-state index in [4.69, 9.17) is 17.3 Å². The van der Waals surface area contributed by atoms with E-state index in [-0.39, 0.29) is 0 Å². The van der Waals surface area contributed by atoms with Gasteiger partial charge in [-0.2, -0.15) is 0 Å². The van der Waals surface area contributed by atoms with Crippen molar-refractivity contribution >= 4 is 33.9 Å². The molecule has 0 fully saturated rings. The van der Waals surface area contributed by atoms with Crippen LogP contribution in [-0.4, -0.2) is 9.97 Å². The second-order valence-electron chi connectivity index (χ2n) is 6.00. The molecule has 0 amide bonds. The first kappa shape index (κ1) is 16.4. The van der Waals surface area contributed by atoms with Crippen molar-refractivity contribution in [2.75, 3.05) is 11.1 Å². The first-order valence-corrected chi connectivity index (χ1v) is 8.67. The Hall–Kier alpha value is -3.11. The standard InChI is InChI=1S/C21H17ClN4/c22-21-19(23)20(17-8-1-2-9-18(17)26-21)25-12-14-5-3-6-15(11-14)16-7-4-10-24-13-16/h1-11,13H,12,23H2,(H,25,26). The van der Waals surface area contributed by atoms with Crippen LogP contribution in [0.25, 0.3) is 22.0 Å². The molecule has 0 atom stereocenters. The first-order valence-electron chi connectivity index (χ1n) is 8.29. The number of halogens is 1. The van der Waals surface area contributed by atoms with Gasteiger partial charge in [0.25, 0.3) is 0 Å². The molecule has 0 radical (unpaired) electrons. The fourth-order valence-electron chi connectivity index (χ4n) is 2.97. The molecule has 26 heavy (non-hydrogen) atoms. The molecule has 2 heterocycles. The van der Waals surface area contributed by atoms with Crippen LogP contribution in [0.15, 0.2) is 73.1 Å². The van der Waals surface area contributed by atoms with Gasteiger partial charge in [0.15, 0.2) is 5.15 Å². The van der Waals surface area contributed by atoms with E-state index in [1.54, 1.807) is 6.20 Å². The fourth-order valence-corrected chi connectivity index (χ4v) is 3.16. The van der Waals surface area contributed by atoms with Crippen LogP contribution in [-0.2, 0) is 6.54 Å². The summed E-state index contributed by atoms with van der Waals surface area (Å²) in [5.41, 5.74) is 11.6. The van der Waals surface area contributed by atoms with Gasteiger partial charge >= 0.3 is 0 Å². The molecule has 4 nitrogen and oxygen atoms in total. The lowest BCUT2D eigenvalue weighted by molar-refractivity contribution is 1.15. The van der Waals surface area contributed by atoms with Crippen molar-refractivity contribution in [3.05, 3.63) is 83.8 Å². The molecule has 0 spiro atoms. The van der Waals surface area contributed by atoms with E-state index in [0.717, 1.165) is 33.3 Å². The molecule has 5 heteroatoms. The molecule has 2 aromatic carbocycles. The molecule has 0 saturated heterocycles. The Morgan fingerprint density at radius 3 is 2.65 bits per heavy atom. The minimum atomic E-state index is 0.315. The van der Waals surface area contributed by atoms with Crippen LogP contribution in [0.4, 0.5) is 11.4 Å². The van der Waals surface area contributed by atoms with Crippen molar-refractivity contribution in [2.24, 2.45) is 0 Å². The molecule has 4 aromatic rings. The average Bonchev–Trinajstić information content (AvgIpc) is 2.69. The summed E-state index contributed by atoms with van der Waals surface area (Å²) in [6.45, 7) is 0.628. The minimum Gasteiger partial charge on any atom is -0.395 e. The minimum absolute atomic E-state index is 0.315. The Morgan fingerprint density at radius 2 is 1.81 bits per heavy atom. The number of hydrogen-bond donors (Lipinski definition) is 2. The number of nitrogens with one attached hydrogen (secondary N) is 1. The number of pyridine rings is 2. The molecular formula is C21H17ClN4. The van der Waals surface area contributed by atoms with Gasteiger partial charge in [-0.15, -0.1) is 0 Å². The highest BCUT2D eigenvalue weighted by Gasteiger charge is 2.11. The number of para-hydroxylation sites is 1. The van der Waals surface area contributed by atoms with Crippen molar-refractivity contribution < 1.29 is 0 Å². The van der Waals surface area contributed by atoms with Crippen LogP contribution >= 0.6 is 11.6 Å². The van der Waals surface area contributed by atoms with E-state index in [2.05, 4.69) is 33.5 Å². The number of hydrogen-bond acceptors (Lipinski definition) is 4. The number of nitrogens with two attached hydrogens (primary N) is 1. The van der Waals surface area contributed by atoms with Gasteiger partial charge in [-0.25, -0.2) is 4.98 Å². The Morgan fingerprint density at radius 1 is 0.962 bits per heavy atom. The van der Waals surface area contributed by atoms with Crippen LogP contribution in [0.3, 0.4) is 0 Å². The summed E-state index contributed by atoms with van der Waals surface area (Å²) >= 11 is 6.20. The molecule has 0 aliphatic carbocycles. The molecule has 3 N–H and O–H groups in total. The fraction of sp³-hybridized carbons (Fsp3) is 0.0476. The van der Waals surface area contributed by atoms with Gasteiger partial charge in [0.1, 0.15) is 0 Å². The Bertz CT molecular complexity index is 1060. The van der Waals surface area contributed by atoms with Crippen LogP contribution in [0.1, 0.15) is 5.56 Å². The Balaban J connectivity index is 1.64. The van der Waals surface area contributed by atoms with Crippen molar-refractivity contribution in [3.8, 4) is 11.1 Å². The maximum atomic E-state index is 6.20. The zero-order chi connectivity index (χ0) is 17.9. The summed E-state index contributed by atoms with van der Waals surface area (Å²) < 4.78 is 0. The predicted octanol–water partition coefficient (Wildman–Crippen LogP) is 5.14. The van der Waals surface area contributed by atoms with Crippen molar-refractivity contribution in [2.45, 2.75) is 6.54 Å². The van der Waals surface area contributed by atoms with Gasteiger partial charge in [-0.3, -0.25) is 4.98 Å². The van der Waals surface area contributed by atoms with Gasteiger partial charge in [0.05, 0.1) is 16.9 Å². The summed E-state index contributed by atoms with van der Waals surface area (Å²) in [6, 6.07) is 20.1. The van der Waals surface area contributed by atoms with Gasteiger partial charge in [-0.05, 0) is 34.9 Å². The third-order valence-corrected chi connectivity index (χ3v) is 4.56. The highest BCUT2D eigenvalue weighted by Crippen LogP contribution is 2.33. The number of fused-ring (bicyclic) bond motifs is 1. The molecular weight excluding hydrogens is 344 g/mol. The zero-order valence-electron chi connectivity index (χ0n) is 14.0. The number of nitrogen functional groups attached to an aromatic ring is 1. The van der Waals surface area contributed by atoms with E-state index < -0.39 is 0 Å². The molecule has 0 aliphatic heterocycles. The van der Waals surface area contributed by atoms with Crippen LogP contribution in [0, 0.1) is 0 Å². The Kier molecular flexibility index (Phi) is 4.42. The van der Waals surface area contributed by atoms with Gasteiger partial charge in [0, 0.05) is 24.3 Å². The quantitative estimate of drug-likeness (QED) is 0.494. The third-order valence-electron chi connectivity index (χ3n) is 4.27. The normalized spacial score (nSPS) is 10.8. The summed E-state index contributed by atoms with van der Waals surface area (Å²) in [4.78, 5) is 8.52. The zero-order valence-corrected chi connectivity index (χ0v) is 14.7. The molecule has 0 bridgehead atoms. The van der Waals surface area contributed by atoms with E-state index >= 15 is 0 Å². The number of anilines is 2. The lowest BCUT2D eigenvalue weighted by Crippen LogP contribution is -2.05. The number of aromatic nitrogens is 2. The van der Waals surface area contributed by atoms with E-state index in [1.165, 1.54) is 0 Å². The molecule has 128 valence electrons. The highest BCUT2D eigenvalue weighted by atomic mass is 35.5. The maximum Gasteiger partial charge on any atom is 0.154 e. The van der Waals surface area contributed by atoms with Gasteiger partial charge in [0.2, 0.25) is 0 Å². The van der Waals surface area contributed by atoms with E-state index in [9.17, 15) is 0 Å².